The number of nitrogens with one attached hydrogen (secondary N) is 1. The fraction of sp³-hybridized carbons (Fsp3) is 0.400. The van der Waals surface area contributed by atoms with E-state index in [-0.39, 0.29) is 37.0 Å². The first kappa shape index (κ1) is 23.9. The largest absolute Gasteiger partial charge is 0.339 e. The van der Waals surface area contributed by atoms with Gasteiger partial charge in [-0.3, -0.25) is 9.78 Å². The second kappa shape index (κ2) is 8.62. The summed E-state index contributed by atoms with van der Waals surface area (Å²) in [4.78, 5) is 19.0. The van der Waals surface area contributed by atoms with E-state index in [1.165, 1.54) is 18.2 Å². The van der Waals surface area contributed by atoms with E-state index in [2.05, 4.69) is 10.3 Å². The highest BCUT2D eigenvalue weighted by Gasteiger charge is 2.50. The van der Waals surface area contributed by atoms with Gasteiger partial charge in [0.25, 0.3) is 5.91 Å². The predicted molar refractivity (Wildman–Crippen MR) is 131 cm³/mol. The summed E-state index contributed by atoms with van der Waals surface area (Å²) in [5.41, 5.74) is 0.715. The van der Waals surface area contributed by atoms with Crippen LogP contribution in [-0.4, -0.2) is 72.5 Å². The van der Waals surface area contributed by atoms with Crippen molar-refractivity contribution in [3.8, 4) is 0 Å². The van der Waals surface area contributed by atoms with Crippen molar-refractivity contribution in [2.24, 2.45) is 0 Å². The van der Waals surface area contributed by atoms with E-state index in [1.807, 2.05) is 50.4 Å². The highest BCUT2D eigenvalue weighted by Crippen LogP contribution is 2.43. The topological polar surface area (TPSA) is 45.2 Å². The normalized spacial score (nSPS) is 21.1. The van der Waals surface area contributed by atoms with Crippen LogP contribution in [0.4, 0.5) is 8.78 Å². The molecule has 4 nitrogen and oxygen atoms in total. The van der Waals surface area contributed by atoms with E-state index in [1.54, 1.807) is 11.1 Å². The molecule has 1 atom stereocenters. The Morgan fingerprint density at radius 1 is 1.32 bits per heavy atom. The number of hydrogen-bond donors (Lipinski definition) is 1. The maximum atomic E-state index is 16.1. The molecule has 2 aromatic rings. The molecule has 1 aromatic carbocycles. The van der Waals surface area contributed by atoms with Gasteiger partial charge in [0.15, 0.2) is 0 Å². The second-order valence-corrected chi connectivity index (χ2v) is 10.1. The van der Waals surface area contributed by atoms with Crippen molar-refractivity contribution in [2.75, 3.05) is 19.6 Å². The minimum atomic E-state index is -1.51. The van der Waals surface area contributed by atoms with E-state index in [9.17, 15) is 9.18 Å². The van der Waals surface area contributed by atoms with Crippen LogP contribution in [0.1, 0.15) is 28.0 Å². The predicted octanol–water partition coefficient (Wildman–Crippen LogP) is -0.215. The van der Waals surface area contributed by atoms with E-state index >= 15 is 4.39 Å². The number of alkyl halides is 1. The molecule has 31 heavy (non-hydrogen) atoms. The van der Waals surface area contributed by atoms with Gasteiger partial charge in [-0.15, -0.1) is 0 Å². The van der Waals surface area contributed by atoms with Crippen LogP contribution in [0.3, 0.4) is 0 Å². The molecule has 1 aliphatic rings. The van der Waals surface area contributed by atoms with Crippen molar-refractivity contribution in [3.05, 3.63) is 64.2 Å². The number of likely N-dealkylation sites (tertiary alicyclic amines) is 1. The summed E-state index contributed by atoms with van der Waals surface area (Å²) in [5, 5.41) is 1.97. The highest BCUT2D eigenvalue weighted by atomic mass is 35.5. The van der Waals surface area contributed by atoms with Crippen LogP contribution in [0.25, 0.3) is 0 Å². The van der Waals surface area contributed by atoms with Crippen LogP contribution in [-0.2, 0) is 5.34 Å². The average molecular weight is 441 g/mol. The number of hydrogen-bond acceptors (Lipinski definition) is 3. The van der Waals surface area contributed by atoms with Crippen LogP contribution >= 0.6 is 11.6 Å². The highest BCUT2D eigenvalue weighted by molar-refractivity contribution is 6.41. The molecule has 1 amide bonds. The van der Waals surface area contributed by atoms with Crippen LogP contribution in [0.15, 0.2) is 36.5 Å². The van der Waals surface area contributed by atoms with Crippen molar-refractivity contribution in [2.45, 2.75) is 29.6 Å². The number of rotatable bonds is 5. The summed E-state index contributed by atoms with van der Waals surface area (Å²) in [7, 11) is 7.64. The van der Waals surface area contributed by atoms with Gasteiger partial charge in [-0.1, -0.05) is 17.7 Å². The molecule has 3 rings (SSSR count). The maximum absolute atomic E-state index is 16.1. The molecule has 1 unspecified atom stereocenters. The van der Waals surface area contributed by atoms with Gasteiger partial charge in [0.05, 0.1) is 5.02 Å². The quantitative estimate of drug-likeness (QED) is 0.654. The van der Waals surface area contributed by atoms with Gasteiger partial charge < -0.3 is 10.2 Å². The molecule has 1 aliphatic heterocycles. The van der Waals surface area contributed by atoms with Gasteiger partial charge in [0, 0.05) is 37.1 Å². The fourth-order valence-electron chi connectivity index (χ4n) is 3.95. The summed E-state index contributed by atoms with van der Waals surface area (Å²) < 4.78 is 29.6. The molecule has 0 aliphatic carbocycles. The molecule has 1 aromatic heterocycles. The van der Waals surface area contributed by atoms with E-state index in [0.29, 0.717) is 5.56 Å². The molecule has 1 saturated heterocycles. The van der Waals surface area contributed by atoms with Crippen molar-refractivity contribution in [1.82, 2.24) is 15.2 Å². The summed E-state index contributed by atoms with van der Waals surface area (Å²) >= 11 is 5.82. The van der Waals surface area contributed by atoms with Crippen LogP contribution < -0.4 is 5.32 Å². The van der Waals surface area contributed by atoms with Crippen molar-refractivity contribution < 1.29 is 13.6 Å². The number of aryl methyl sites for hydroxylation is 1. The SMILES string of the molecule is BC(B)(NCC1(F)CCN(C(=O)c2ccc(F)c(Cl)c2)CC1(B)B)c1ccc(C)cn1. The number of carbonyl (C=O) groups is 1. The minimum Gasteiger partial charge on any atom is -0.339 e. The van der Waals surface area contributed by atoms with Crippen molar-refractivity contribution >= 4 is 48.9 Å². The summed E-state index contributed by atoms with van der Waals surface area (Å²) in [6.07, 6.45) is 2.00. The number of halogens is 3. The molecule has 0 spiro atoms. The lowest BCUT2D eigenvalue weighted by Crippen LogP contribution is -2.61. The Morgan fingerprint density at radius 2 is 2.03 bits per heavy atom. The van der Waals surface area contributed by atoms with Gasteiger partial charge in [-0.25, -0.2) is 8.78 Å². The molecule has 0 bridgehead atoms. The molecule has 0 radical (unpaired) electrons. The number of aromatic nitrogens is 1. The third-order valence-corrected chi connectivity index (χ3v) is 6.68. The zero-order chi connectivity index (χ0) is 23.0. The lowest BCUT2D eigenvalue weighted by molar-refractivity contribution is 0.0337. The first-order valence-electron chi connectivity index (χ1n) is 10.5. The van der Waals surface area contributed by atoms with Crippen molar-refractivity contribution in [3.63, 3.8) is 0 Å². The summed E-state index contributed by atoms with van der Waals surface area (Å²) in [5.74, 6) is -0.842. The van der Waals surface area contributed by atoms with Gasteiger partial charge in [-0.2, -0.15) is 0 Å². The Hall–Kier alpha value is -1.79. The number of benzene rings is 1. The minimum absolute atomic E-state index is 0.0990. The lowest BCUT2D eigenvalue weighted by atomic mass is 9.44. The standard InChI is InChI=1S/C20H26B4ClF2N3O/c1-12-2-5-16(28-9-12)20(23,24)29-10-18(27)6-7-30(11-19(18,21)22)17(31)13-3-4-15(26)14(25)8-13/h2-5,8-9,29H,6-7,10-11,21-24H2,1H3. The first-order chi connectivity index (χ1) is 14.3. The summed E-state index contributed by atoms with van der Waals surface area (Å²) in [6.45, 7) is 2.65. The van der Waals surface area contributed by atoms with Crippen molar-refractivity contribution in [1.29, 1.82) is 0 Å². The molecular weight excluding hydrogens is 415 g/mol. The Bertz CT molecular complexity index is 977. The van der Waals surface area contributed by atoms with E-state index in [4.69, 9.17) is 11.6 Å². The zero-order valence-electron chi connectivity index (χ0n) is 18.7. The molecule has 11 heteroatoms. The van der Waals surface area contributed by atoms with Gasteiger partial charge >= 0.3 is 0 Å². The Morgan fingerprint density at radius 3 is 2.61 bits per heavy atom. The number of piperidine rings is 1. The third-order valence-electron chi connectivity index (χ3n) is 6.39. The third kappa shape index (κ3) is 5.01. The number of carbonyl (C=O) groups excluding carboxylic acids is 1. The molecule has 0 saturated carbocycles. The lowest BCUT2D eigenvalue weighted by Gasteiger charge is -2.50. The maximum Gasteiger partial charge on any atom is 0.253 e. The monoisotopic (exact) mass is 441 g/mol. The fourth-order valence-corrected chi connectivity index (χ4v) is 4.13. The molecule has 1 fully saturated rings. The molecular formula is C20H26B4ClF2N3O. The van der Waals surface area contributed by atoms with E-state index in [0.717, 1.165) is 11.3 Å². The zero-order valence-corrected chi connectivity index (χ0v) is 19.5. The smallest absolute Gasteiger partial charge is 0.253 e. The van der Waals surface area contributed by atoms with Crippen LogP contribution in [0.5, 0.6) is 0 Å². The number of nitrogens with zero attached hydrogens (tertiary/aromatic N) is 2. The molecule has 2 heterocycles. The summed E-state index contributed by atoms with van der Waals surface area (Å²) in [6, 6.07) is 7.85. The number of pyridine rings is 1. The van der Waals surface area contributed by atoms with Crippen LogP contribution in [0, 0.1) is 12.7 Å². The first-order valence-corrected chi connectivity index (χ1v) is 10.8. The Kier molecular flexibility index (Phi) is 6.64. The molecule has 160 valence electrons. The van der Waals surface area contributed by atoms with E-state index < -0.39 is 22.0 Å². The van der Waals surface area contributed by atoms with Crippen LogP contribution in [0.2, 0.25) is 10.2 Å². The van der Waals surface area contributed by atoms with Gasteiger partial charge in [0.1, 0.15) is 42.9 Å². The Balaban J connectivity index is 1.70. The average Bonchev–Trinajstić information content (AvgIpc) is 2.70. The van der Waals surface area contributed by atoms with Gasteiger partial charge in [-0.05, 0) is 53.7 Å². The Labute approximate surface area is 191 Å². The molecule has 1 N–H and O–H groups in total. The number of amides is 1. The van der Waals surface area contributed by atoms with Gasteiger partial charge in [0.2, 0.25) is 0 Å². The second-order valence-electron chi connectivity index (χ2n) is 9.65.